The molecule has 0 atom stereocenters. The van der Waals surface area contributed by atoms with Crippen molar-refractivity contribution in [2.24, 2.45) is 0 Å². The molecule has 29 heavy (non-hydrogen) atoms. The van der Waals surface area contributed by atoms with Gasteiger partial charge in [-0.25, -0.2) is 4.39 Å². The van der Waals surface area contributed by atoms with Crippen LogP contribution in [0.5, 0.6) is 11.5 Å². The molecule has 0 saturated carbocycles. The van der Waals surface area contributed by atoms with Crippen LogP contribution in [0.1, 0.15) is 34.0 Å². The highest BCUT2D eigenvalue weighted by Crippen LogP contribution is 2.35. The van der Waals surface area contributed by atoms with Crippen LogP contribution in [-0.4, -0.2) is 5.78 Å². The van der Waals surface area contributed by atoms with E-state index in [0.29, 0.717) is 22.1 Å². The number of ether oxygens (including phenoxy) is 2. The molecule has 0 fully saturated rings. The Kier molecular flexibility index (Phi) is 5.36. The Morgan fingerprint density at radius 3 is 2.62 bits per heavy atom. The molecular formula is C24H18ClFO3. The summed E-state index contributed by atoms with van der Waals surface area (Å²) in [6, 6.07) is 17.4. The monoisotopic (exact) mass is 408 g/mol. The number of benzene rings is 3. The summed E-state index contributed by atoms with van der Waals surface area (Å²) in [6.07, 6.45) is 2.68. The maximum atomic E-state index is 13.9. The van der Waals surface area contributed by atoms with Gasteiger partial charge in [-0.15, -0.1) is 0 Å². The molecule has 0 spiro atoms. The standard InChI is InChI=1S/C24H18ClFO3/c1-2-15-6-8-16(9-7-15)12-23-24(27)18-11-10-17(13-22(18)29-23)28-14-19-20(25)4-3-5-21(19)26/h3-13H,2,14H2,1H3. The average Bonchev–Trinajstić information content (AvgIpc) is 3.03. The number of Topliss-reactive ketones (excluding diaryl/α,β-unsaturated/α-hetero) is 1. The third kappa shape index (κ3) is 4.03. The Balaban J connectivity index is 1.51. The topological polar surface area (TPSA) is 35.5 Å². The molecule has 146 valence electrons. The van der Waals surface area contributed by atoms with E-state index in [0.717, 1.165) is 12.0 Å². The number of halogens is 2. The molecule has 5 heteroatoms. The second kappa shape index (κ2) is 8.10. The van der Waals surface area contributed by atoms with E-state index < -0.39 is 5.82 Å². The Labute approximate surface area is 173 Å². The molecule has 0 unspecified atom stereocenters. The number of aryl methyl sites for hydroxylation is 1. The number of allylic oxidation sites excluding steroid dienone is 1. The summed E-state index contributed by atoms with van der Waals surface area (Å²) in [5.41, 5.74) is 2.87. The minimum atomic E-state index is -0.426. The molecule has 3 aromatic carbocycles. The van der Waals surface area contributed by atoms with Gasteiger partial charge in [0.25, 0.3) is 0 Å². The number of carbonyl (C=O) groups excluding carboxylic acids is 1. The normalized spacial score (nSPS) is 14.0. The van der Waals surface area contributed by atoms with Crippen molar-refractivity contribution in [3.63, 3.8) is 0 Å². The fourth-order valence-electron chi connectivity index (χ4n) is 3.08. The van der Waals surface area contributed by atoms with Crippen LogP contribution < -0.4 is 9.47 Å². The number of hydrogen-bond acceptors (Lipinski definition) is 3. The Morgan fingerprint density at radius 1 is 1.10 bits per heavy atom. The molecule has 0 aliphatic carbocycles. The van der Waals surface area contributed by atoms with Crippen LogP contribution >= 0.6 is 11.6 Å². The van der Waals surface area contributed by atoms with Gasteiger partial charge in [0.05, 0.1) is 10.6 Å². The number of hydrogen-bond donors (Lipinski definition) is 0. The SMILES string of the molecule is CCc1ccc(C=C2Oc3cc(OCc4c(F)cccc4Cl)ccc3C2=O)cc1. The first kappa shape index (κ1) is 19.2. The highest BCUT2D eigenvalue weighted by atomic mass is 35.5. The molecule has 0 amide bonds. The zero-order chi connectivity index (χ0) is 20.4. The molecule has 0 aromatic heterocycles. The van der Waals surface area contributed by atoms with Gasteiger partial charge in [-0.05, 0) is 47.9 Å². The molecule has 1 aliphatic heterocycles. The van der Waals surface area contributed by atoms with Crippen molar-refractivity contribution in [1.29, 1.82) is 0 Å². The summed E-state index contributed by atoms with van der Waals surface area (Å²) in [5, 5.41) is 0.303. The highest BCUT2D eigenvalue weighted by Gasteiger charge is 2.27. The van der Waals surface area contributed by atoms with E-state index in [-0.39, 0.29) is 23.7 Å². The molecule has 0 bridgehead atoms. The molecule has 4 rings (SSSR count). The van der Waals surface area contributed by atoms with E-state index in [1.54, 1.807) is 36.4 Å². The lowest BCUT2D eigenvalue weighted by Gasteiger charge is -2.09. The van der Waals surface area contributed by atoms with Gasteiger partial charge in [-0.1, -0.05) is 48.9 Å². The number of carbonyl (C=O) groups is 1. The van der Waals surface area contributed by atoms with E-state index >= 15 is 0 Å². The quantitative estimate of drug-likeness (QED) is 0.469. The van der Waals surface area contributed by atoms with Crippen molar-refractivity contribution in [2.45, 2.75) is 20.0 Å². The van der Waals surface area contributed by atoms with E-state index in [9.17, 15) is 9.18 Å². The average molecular weight is 409 g/mol. The number of rotatable bonds is 5. The van der Waals surface area contributed by atoms with Crippen LogP contribution in [0.3, 0.4) is 0 Å². The maximum absolute atomic E-state index is 13.9. The summed E-state index contributed by atoms with van der Waals surface area (Å²) in [4.78, 5) is 12.6. The van der Waals surface area contributed by atoms with Crippen LogP contribution in [0.15, 0.2) is 66.4 Å². The number of fused-ring (bicyclic) bond motifs is 1. The van der Waals surface area contributed by atoms with Crippen LogP contribution in [0, 0.1) is 5.82 Å². The molecule has 0 radical (unpaired) electrons. The predicted octanol–water partition coefficient (Wildman–Crippen LogP) is 6.24. The molecule has 1 heterocycles. The zero-order valence-electron chi connectivity index (χ0n) is 15.7. The second-order valence-corrected chi connectivity index (χ2v) is 7.09. The van der Waals surface area contributed by atoms with Gasteiger partial charge in [0.1, 0.15) is 23.9 Å². The van der Waals surface area contributed by atoms with Gasteiger partial charge in [0.15, 0.2) is 5.76 Å². The van der Waals surface area contributed by atoms with Crippen LogP contribution in [0.2, 0.25) is 5.02 Å². The first-order valence-corrected chi connectivity index (χ1v) is 9.66. The third-order valence-electron chi connectivity index (χ3n) is 4.77. The zero-order valence-corrected chi connectivity index (χ0v) is 16.5. The van der Waals surface area contributed by atoms with Crippen LogP contribution in [0.25, 0.3) is 6.08 Å². The molecule has 0 N–H and O–H groups in total. The minimum Gasteiger partial charge on any atom is -0.489 e. The van der Waals surface area contributed by atoms with Crippen LogP contribution in [-0.2, 0) is 13.0 Å². The predicted molar refractivity (Wildman–Crippen MR) is 111 cm³/mol. The van der Waals surface area contributed by atoms with Crippen LogP contribution in [0.4, 0.5) is 4.39 Å². The van der Waals surface area contributed by atoms with Gasteiger partial charge in [0, 0.05) is 11.6 Å². The first-order chi connectivity index (χ1) is 14.0. The maximum Gasteiger partial charge on any atom is 0.231 e. The summed E-state index contributed by atoms with van der Waals surface area (Å²) < 4.78 is 25.3. The minimum absolute atomic E-state index is 0.0231. The van der Waals surface area contributed by atoms with E-state index in [1.807, 2.05) is 24.3 Å². The summed E-state index contributed by atoms with van der Waals surface area (Å²) >= 11 is 6.03. The molecular weight excluding hydrogens is 391 g/mol. The molecule has 3 aromatic rings. The van der Waals surface area contributed by atoms with Crippen molar-refractivity contribution in [3.05, 3.63) is 99.5 Å². The lowest BCUT2D eigenvalue weighted by molar-refractivity contribution is 0.101. The van der Waals surface area contributed by atoms with Gasteiger partial charge < -0.3 is 9.47 Å². The smallest absolute Gasteiger partial charge is 0.231 e. The first-order valence-electron chi connectivity index (χ1n) is 9.28. The second-order valence-electron chi connectivity index (χ2n) is 6.68. The van der Waals surface area contributed by atoms with E-state index in [4.69, 9.17) is 21.1 Å². The molecule has 1 aliphatic rings. The summed E-state index contributed by atoms with van der Waals surface area (Å²) in [7, 11) is 0. The van der Waals surface area contributed by atoms with Gasteiger partial charge in [0.2, 0.25) is 5.78 Å². The Morgan fingerprint density at radius 2 is 1.90 bits per heavy atom. The lowest BCUT2D eigenvalue weighted by atomic mass is 10.1. The Bertz CT molecular complexity index is 1080. The summed E-state index contributed by atoms with van der Waals surface area (Å²) in [6.45, 7) is 2.07. The van der Waals surface area contributed by atoms with Gasteiger partial charge in [-0.3, -0.25) is 4.79 Å². The lowest BCUT2D eigenvalue weighted by Crippen LogP contribution is -1.99. The van der Waals surface area contributed by atoms with Gasteiger partial charge in [-0.2, -0.15) is 0 Å². The van der Waals surface area contributed by atoms with Crippen molar-refractivity contribution in [2.75, 3.05) is 0 Å². The van der Waals surface area contributed by atoms with Crippen molar-refractivity contribution in [3.8, 4) is 11.5 Å². The van der Waals surface area contributed by atoms with Crippen molar-refractivity contribution < 1.29 is 18.7 Å². The largest absolute Gasteiger partial charge is 0.489 e. The van der Waals surface area contributed by atoms with Crippen molar-refractivity contribution >= 4 is 23.5 Å². The fraction of sp³-hybridized carbons (Fsp3) is 0.125. The third-order valence-corrected chi connectivity index (χ3v) is 5.13. The fourth-order valence-corrected chi connectivity index (χ4v) is 3.30. The Hall–Kier alpha value is -3.11. The number of ketones is 1. The van der Waals surface area contributed by atoms with Gasteiger partial charge >= 0.3 is 0 Å². The summed E-state index contributed by atoms with van der Waals surface area (Å²) in [5.74, 6) is 0.541. The molecule has 0 saturated heterocycles. The highest BCUT2D eigenvalue weighted by molar-refractivity contribution is 6.31. The van der Waals surface area contributed by atoms with E-state index in [2.05, 4.69) is 6.92 Å². The van der Waals surface area contributed by atoms with Crippen molar-refractivity contribution in [1.82, 2.24) is 0 Å². The van der Waals surface area contributed by atoms with E-state index in [1.165, 1.54) is 11.6 Å². The molecule has 3 nitrogen and oxygen atoms in total.